The van der Waals surface area contributed by atoms with Crippen molar-refractivity contribution in [1.82, 2.24) is 15.1 Å². The lowest BCUT2D eigenvalue weighted by Gasteiger charge is -2.39. The Hall–Kier alpha value is -0.650. The van der Waals surface area contributed by atoms with Gasteiger partial charge < -0.3 is 15.0 Å². The normalized spacial score (nSPS) is 33.9. The van der Waals surface area contributed by atoms with Crippen molar-refractivity contribution in [3.8, 4) is 0 Å². The first-order valence-corrected chi connectivity index (χ1v) is 7.42. The molecule has 2 atom stereocenters. The fraction of sp³-hybridized carbons (Fsp3) is 0.929. The van der Waals surface area contributed by atoms with Gasteiger partial charge in [0.1, 0.15) is 6.61 Å². The van der Waals surface area contributed by atoms with Crippen LogP contribution in [0.3, 0.4) is 0 Å². The topological polar surface area (TPSA) is 44.8 Å². The lowest BCUT2D eigenvalue weighted by atomic mass is 10.0. The van der Waals surface area contributed by atoms with Crippen molar-refractivity contribution in [3.63, 3.8) is 0 Å². The van der Waals surface area contributed by atoms with Crippen molar-refractivity contribution >= 4 is 5.91 Å². The highest BCUT2D eigenvalue weighted by atomic mass is 16.5. The number of fused-ring (bicyclic) bond motifs is 2. The smallest absolute Gasteiger partial charge is 0.248 e. The van der Waals surface area contributed by atoms with E-state index in [2.05, 4.69) is 24.2 Å². The van der Waals surface area contributed by atoms with Gasteiger partial charge in [-0.2, -0.15) is 0 Å². The summed E-state index contributed by atoms with van der Waals surface area (Å²) in [5.74, 6) is 0.161. The fourth-order valence-corrected chi connectivity index (χ4v) is 3.44. The Bertz CT molecular complexity index is 357. The molecule has 2 bridgehead atoms. The first-order valence-electron chi connectivity index (χ1n) is 7.42. The monoisotopic (exact) mass is 267 g/mol. The zero-order valence-corrected chi connectivity index (χ0v) is 12.0. The number of carbonyl (C=O) groups excluding carboxylic acids is 1. The second-order valence-electron chi connectivity index (χ2n) is 6.52. The lowest BCUT2D eigenvalue weighted by molar-refractivity contribution is -0.146. The Morgan fingerprint density at radius 1 is 1.32 bits per heavy atom. The summed E-state index contributed by atoms with van der Waals surface area (Å²) < 4.78 is 5.76. The summed E-state index contributed by atoms with van der Waals surface area (Å²) in [5, 5.41) is 3.19. The van der Waals surface area contributed by atoms with Crippen LogP contribution in [0.1, 0.15) is 26.2 Å². The van der Waals surface area contributed by atoms with Crippen LogP contribution < -0.4 is 5.32 Å². The highest BCUT2D eigenvalue weighted by molar-refractivity contribution is 5.77. The maximum Gasteiger partial charge on any atom is 0.248 e. The average molecular weight is 267 g/mol. The molecule has 3 aliphatic heterocycles. The number of likely N-dealkylation sites (tertiary alicyclic amines) is 1. The molecular formula is C14H25N3O2. The first-order chi connectivity index (χ1) is 9.07. The van der Waals surface area contributed by atoms with E-state index in [0.717, 1.165) is 32.6 Å². The molecule has 3 fully saturated rings. The van der Waals surface area contributed by atoms with E-state index < -0.39 is 0 Å². The minimum Gasteiger partial charge on any atom is -0.363 e. The molecule has 0 aliphatic carbocycles. The van der Waals surface area contributed by atoms with Crippen molar-refractivity contribution in [2.75, 3.05) is 39.8 Å². The molecule has 2 unspecified atom stereocenters. The number of hydrogen-bond acceptors (Lipinski definition) is 4. The molecule has 1 N–H and O–H groups in total. The van der Waals surface area contributed by atoms with Crippen molar-refractivity contribution < 1.29 is 9.53 Å². The SMILES string of the molecule is CN1C2CCC1CN(C(=O)COC1(C)CNC1)CC2. The molecule has 108 valence electrons. The summed E-state index contributed by atoms with van der Waals surface area (Å²) in [5.41, 5.74) is -0.128. The predicted molar refractivity (Wildman–Crippen MR) is 73.0 cm³/mol. The molecule has 0 aromatic heterocycles. The Labute approximate surface area is 115 Å². The Balaban J connectivity index is 1.52. The molecule has 0 spiro atoms. The van der Waals surface area contributed by atoms with E-state index in [-0.39, 0.29) is 18.1 Å². The van der Waals surface area contributed by atoms with E-state index in [1.165, 1.54) is 12.8 Å². The van der Waals surface area contributed by atoms with E-state index in [1.807, 2.05) is 4.90 Å². The molecule has 3 rings (SSSR count). The van der Waals surface area contributed by atoms with Crippen LogP contribution in [-0.4, -0.2) is 73.2 Å². The largest absolute Gasteiger partial charge is 0.363 e. The molecule has 1 amide bonds. The molecule has 19 heavy (non-hydrogen) atoms. The molecule has 0 radical (unpaired) electrons. The predicted octanol–water partition coefficient (Wildman–Crippen LogP) is 0.0600. The Kier molecular flexibility index (Phi) is 3.53. The lowest BCUT2D eigenvalue weighted by Crippen LogP contribution is -2.59. The summed E-state index contributed by atoms with van der Waals surface area (Å²) in [7, 11) is 2.20. The van der Waals surface area contributed by atoms with E-state index in [0.29, 0.717) is 12.1 Å². The average Bonchev–Trinajstić information content (AvgIpc) is 2.58. The van der Waals surface area contributed by atoms with Gasteiger partial charge in [0.15, 0.2) is 0 Å². The van der Waals surface area contributed by atoms with Crippen LogP contribution in [-0.2, 0) is 9.53 Å². The zero-order chi connectivity index (χ0) is 13.5. The molecule has 5 heteroatoms. The van der Waals surface area contributed by atoms with Crippen molar-refractivity contribution in [1.29, 1.82) is 0 Å². The van der Waals surface area contributed by atoms with Gasteiger partial charge in [-0.25, -0.2) is 0 Å². The number of nitrogens with zero attached hydrogens (tertiary/aromatic N) is 2. The molecule has 3 heterocycles. The van der Waals surface area contributed by atoms with Gasteiger partial charge in [-0.15, -0.1) is 0 Å². The quantitative estimate of drug-likeness (QED) is 0.785. The molecular weight excluding hydrogens is 242 g/mol. The van der Waals surface area contributed by atoms with Gasteiger partial charge in [-0.05, 0) is 33.2 Å². The third-order valence-electron chi connectivity index (χ3n) is 5.04. The number of nitrogens with one attached hydrogen (secondary N) is 1. The van der Waals surface area contributed by atoms with Crippen LogP contribution in [0.4, 0.5) is 0 Å². The van der Waals surface area contributed by atoms with Gasteiger partial charge >= 0.3 is 0 Å². The van der Waals surface area contributed by atoms with Gasteiger partial charge in [-0.1, -0.05) is 0 Å². The third-order valence-corrected chi connectivity index (χ3v) is 5.04. The number of ether oxygens (including phenoxy) is 1. The van der Waals surface area contributed by atoms with Gasteiger partial charge in [0.2, 0.25) is 5.91 Å². The van der Waals surface area contributed by atoms with Crippen LogP contribution in [0.25, 0.3) is 0 Å². The third kappa shape index (κ3) is 2.64. The second-order valence-corrected chi connectivity index (χ2v) is 6.52. The van der Waals surface area contributed by atoms with Crippen molar-refractivity contribution in [3.05, 3.63) is 0 Å². The molecule has 0 aromatic rings. The van der Waals surface area contributed by atoms with Crippen molar-refractivity contribution in [2.45, 2.75) is 43.9 Å². The highest BCUT2D eigenvalue weighted by Gasteiger charge is 2.37. The van der Waals surface area contributed by atoms with Crippen LogP contribution in [0.15, 0.2) is 0 Å². The standard InChI is InChI=1S/C14H25N3O2/c1-14(9-15-10-14)19-8-13(18)17-6-5-11-3-4-12(7-17)16(11)2/h11-12,15H,3-10H2,1-2H3. The second kappa shape index (κ2) is 5.04. The van der Waals surface area contributed by atoms with Crippen LogP contribution in [0.2, 0.25) is 0 Å². The van der Waals surface area contributed by atoms with Gasteiger partial charge in [0, 0.05) is 38.3 Å². The minimum absolute atomic E-state index is 0.128. The maximum absolute atomic E-state index is 12.3. The molecule has 5 nitrogen and oxygen atoms in total. The van der Waals surface area contributed by atoms with Crippen LogP contribution in [0, 0.1) is 0 Å². The van der Waals surface area contributed by atoms with Gasteiger partial charge in [0.25, 0.3) is 0 Å². The van der Waals surface area contributed by atoms with Gasteiger partial charge in [-0.3, -0.25) is 9.69 Å². The summed E-state index contributed by atoms with van der Waals surface area (Å²) in [6.07, 6.45) is 3.63. The summed E-state index contributed by atoms with van der Waals surface area (Å²) in [4.78, 5) is 16.8. The molecule has 3 saturated heterocycles. The number of hydrogen-bond donors (Lipinski definition) is 1. The Morgan fingerprint density at radius 3 is 2.74 bits per heavy atom. The number of rotatable bonds is 3. The fourth-order valence-electron chi connectivity index (χ4n) is 3.44. The maximum atomic E-state index is 12.3. The number of carbonyl (C=O) groups is 1. The van der Waals surface area contributed by atoms with Gasteiger partial charge in [0.05, 0.1) is 5.60 Å². The van der Waals surface area contributed by atoms with E-state index in [9.17, 15) is 4.79 Å². The van der Waals surface area contributed by atoms with Crippen LogP contribution in [0.5, 0.6) is 0 Å². The Morgan fingerprint density at radius 2 is 2.05 bits per heavy atom. The molecule has 0 aromatic carbocycles. The summed E-state index contributed by atoms with van der Waals surface area (Å²) in [6, 6.07) is 1.23. The summed E-state index contributed by atoms with van der Waals surface area (Å²) in [6.45, 7) is 5.78. The molecule has 0 saturated carbocycles. The zero-order valence-electron chi connectivity index (χ0n) is 12.0. The number of likely N-dealkylation sites (N-methyl/N-ethyl adjacent to an activating group) is 1. The molecule has 3 aliphatic rings. The van der Waals surface area contributed by atoms with E-state index in [1.54, 1.807) is 0 Å². The van der Waals surface area contributed by atoms with Crippen LogP contribution >= 0.6 is 0 Å². The highest BCUT2D eigenvalue weighted by Crippen LogP contribution is 2.28. The van der Waals surface area contributed by atoms with E-state index in [4.69, 9.17) is 4.74 Å². The van der Waals surface area contributed by atoms with E-state index >= 15 is 0 Å². The first kappa shape index (κ1) is 13.3. The van der Waals surface area contributed by atoms with Crippen molar-refractivity contribution in [2.24, 2.45) is 0 Å². The summed E-state index contributed by atoms with van der Waals surface area (Å²) >= 11 is 0. The minimum atomic E-state index is -0.128. The number of amides is 1.